The molecule has 0 fully saturated rings. The van der Waals surface area contributed by atoms with Gasteiger partial charge >= 0.3 is 0 Å². The van der Waals surface area contributed by atoms with Gasteiger partial charge < -0.3 is 10.1 Å². The lowest BCUT2D eigenvalue weighted by atomic mass is 10.1. The molecule has 2 aromatic heterocycles. The summed E-state index contributed by atoms with van der Waals surface area (Å²) >= 11 is 0. The van der Waals surface area contributed by atoms with Crippen molar-refractivity contribution in [3.8, 4) is 17.0 Å². The van der Waals surface area contributed by atoms with E-state index in [0.29, 0.717) is 11.3 Å². The highest BCUT2D eigenvalue weighted by atomic mass is 16.3. The molecule has 0 radical (unpaired) electrons. The fourth-order valence-corrected chi connectivity index (χ4v) is 1.62. The number of aromatic nitrogens is 4. The molecule has 3 rings (SSSR count). The molecule has 2 N–H and O–H groups in total. The number of fused-ring (bicyclic) bond motifs is 1. The first-order valence-electron chi connectivity index (χ1n) is 5.24. The Morgan fingerprint density at radius 2 is 1.89 bits per heavy atom. The second-order valence-corrected chi connectivity index (χ2v) is 3.71. The summed E-state index contributed by atoms with van der Waals surface area (Å²) in [6.45, 7) is 0. The Bertz CT molecular complexity index is 765. The highest BCUT2D eigenvalue weighted by Crippen LogP contribution is 2.19. The molecular weight excluding hydrogens is 232 g/mol. The number of hydrogen-bond acceptors (Lipinski definition) is 5. The molecule has 0 bridgehead atoms. The molecule has 0 aliphatic heterocycles. The number of rotatable bonds is 1. The van der Waals surface area contributed by atoms with Gasteiger partial charge in [-0.25, -0.2) is 15.0 Å². The van der Waals surface area contributed by atoms with Crippen molar-refractivity contribution in [3.05, 3.63) is 47.1 Å². The summed E-state index contributed by atoms with van der Waals surface area (Å²) in [7, 11) is 0. The first-order chi connectivity index (χ1) is 8.74. The summed E-state index contributed by atoms with van der Waals surface area (Å²) in [4.78, 5) is 26.2. The fourth-order valence-electron chi connectivity index (χ4n) is 1.62. The van der Waals surface area contributed by atoms with Crippen molar-refractivity contribution in [2.24, 2.45) is 0 Å². The molecule has 0 amide bonds. The molecule has 0 spiro atoms. The maximum atomic E-state index is 11.4. The SMILES string of the molecule is O=c1[nH]cnc2nc(-c3ccc(O)cc3)cnc12. The predicted octanol–water partition coefficient (Wildman–Crippen LogP) is 1.09. The van der Waals surface area contributed by atoms with Gasteiger partial charge in [-0.05, 0) is 24.3 Å². The van der Waals surface area contributed by atoms with Crippen LogP contribution >= 0.6 is 0 Å². The highest BCUT2D eigenvalue weighted by molar-refractivity contribution is 5.72. The molecule has 6 heteroatoms. The maximum absolute atomic E-state index is 11.4. The minimum Gasteiger partial charge on any atom is -0.508 e. The molecule has 0 saturated carbocycles. The predicted molar refractivity (Wildman–Crippen MR) is 65.1 cm³/mol. The van der Waals surface area contributed by atoms with Crippen LogP contribution in [-0.4, -0.2) is 25.0 Å². The molecule has 3 aromatic rings. The van der Waals surface area contributed by atoms with Crippen LogP contribution in [0.25, 0.3) is 22.4 Å². The number of nitrogens with zero attached hydrogens (tertiary/aromatic N) is 3. The molecule has 1 aromatic carbocycles. The third-order valence-corrected chi connectivity index (χ3v) is 2.51. The van der Waals surface area contributed by atoms with Gasteiger partial charge in [-0.3, -0.25) is 4.79 Å². The molecule has 88 valence electrons. The molecular formula is C12H8N4O2. The van der Waals surface area contributed by atoms with Gasteiger partial charge in [0.15, 0.2) is 11.2 Å². The van der Waals surface area contributed by atoms with Crippen molar-refractivity contribution in [2.45, 2.75) is 0 Å². The van der Waals surface area contributed by atoms with E-state index in [-0.39, 0.29) is 16.8 Å². The Morgan fingerprint density at radius 3 is 2.67 bits per heavy atom. The molecule has 0 saturated heterocycles. The molecule has 2 heterocycles. The first-order valence-corrected chi connectivity index (χ1v) is 5.24. The molecule has 6 nitrogen and oxygen atoms in total. The van der Waals surface area contributed by atoms with Crippen LogP contribution in [0.2, 0.25) is 0 Å². The van der Waals surface area contributed by atoms with E-state index >= 15 is 0 Å². The molecule has 0 aliphatic rings. The van der Waals surface area contributed by atoms with Crippen LogP contribution in [0, 0.1) is 0 Å². The summed E-state index contributed by atoms with van der Waals surface area (Å²) < 4.78 is 0. The van der Waals surface area contributed by atoms with E-state index < -0.39 is 0 Å². The lowest BCUT2D eigenvalue weighted by molar-refractivity contribution is 0.475. The van der Waals surface area contributed by atoms with Crippen molar-refractivity contribution in [1.82, 2.24) is 19.9 Å². The summed E-state index contributed by atoms with van der Waals surface area (Å²) in [6.07, 6.45) is 2.80. The smallest absolute Gasteiger partial charge is 0.278 e. The quantitative estimate of drug-likeness (QED) is 0.664. The maximum Gasteiger partial charge on any atom is 0.278 e. The number of H-pyrrole nitrogens is 1. The lowest BCUT2D eigenvalue weighted by Crippen LogP contribution is -2.09. The van der Waals surface area contributed by atoms with E-state index in [1.165, 1.54) is 12.5 Å². The normalized spacial score (nSPS) is 10.7. The van der Waals surface area contributed by atoms with Gasteiger partial charge in [0.2, 0.25) is 0 Å². The van der Waals surface area contributed by atoms with Crippen LogP contribution in [0.4, 0.5) is 0 Å². The van der Waals surface area contributed by atoms with Crippen molar-refractivity contribution in [3.63, 3.8) is 0 Å². The number of phenols is 1. The van der Waals surface area contributed by atoms with E-state index in [1.54, 1.807) is 24.3 Å². The summed E-state index contributed by atoms with van der Waals surface area (Å²) in [5, 5.41) is 9.22. The summed E-state index contributed by atoms with van der Waals surface area (Å²) in [6, 6.07) is 6.57. The number of benzene rings is 1. The topological polar surface area (TPSA) is 91.8 Å². The fraction of sp³-hybridized carbons (Fsp3) is 0. The van der Waals surface area contributed by atoms with Crippen molar-refractivity contribution < 1.29 is 5.11 Å². The minimum absolute atomic E-state index is 0.182. The van der Waals surface area contributed by atoms with E-state index in [0.717, 1.165) is 5.56 Å². The Labute approximate surface area is 101 Å². The van der Waals surface area contributed by atoms with E-state index in [9.17, 15) is 9.90 Å². The zero-order valence-electron chi connectivity index (χ0n) is 9.16. The Morgan fingerprint density at radius 1 is 1.11 bits per heavy atom. The third-order valence-electron chi connectivity index (χ3n) is 2.51. The molecule has 0 aliphatic carbocycles. The number of hydrogen-bond donors (Lipinski definition) is 2. The Kier molecular flexibility index (Phi) is 2.26. The van der Waals surface area contributed by atoms with Gasteiger partial charge in [0.05, 0.1) is 18.2 Å². The largest absolute Gasteiger partial charge is 0.508 e. The van der Waals surface area contributed by atoms with Crippen LogP contribution in [0.1, 0.15) is 0 Å². The van der Waals surface area contributed by atoms with Crippen LogP contribution in [-0.2, 0) is 0 Å². The average Bonchev–Trinajstić information content (AvgIpc) is 2.39. The molecule has 18 heavy (non-hydrogen) atoms. The van der Waals surface area contributed by atoms with Crippen LogP contribution < -0.4 is 5.56 Å². The minimum atomic E-state index is -0.315. The second-order valence-electron chi connectivity index (χ2n) is 3.71. The third kappa shape index (κ3) is 1.69. The number of aromatic amines is 1. The lowest BCUT2D eigenvalue weighted by Gasteiger charge is -2.01. The molecule has 0 unspecified atom stereocenters. The zero-order chi connectivity index (χ0) is 12.5. The van der Waals surface area contributed by atoms with Gasteiger partial charge in [0.1, 0.15) is 5.75 Å². The van der Waals surface area contributed by atoms with E-state index in [4.69, 9.17) is 0 Å². The molecule has 0 atom stereocenters. The Balaban J connectivity index is 2.19. The van der Waals surface area contributed by atoms with Crippen molar-refractivity contribution in [2.75, 3.05) is 0 Å². The average molecular weight is 240 g/mol. The Hall–Kier alpha value is -2.76. The van der Waals surface area contributed by atoms with Gasteiger partial charge in [0, 0.05) is 5.56 Å². The highest BCUT2D eigenvalue weighted by Gasteiger charge is 2.05. The number of aromatic hydroxyl groups is 1. The van der Waals surface area contributed by atoms with Gasteiger partial charge in [-0.15, -0.1) is 0 Å². The van der Waals surface area contributed by atoms with Crippen LogP contribution in [0.15, 0.2) is 41.6 Å². The monoisotopic (exact) mass is 240 g/mol. The van der Waals surface area contributed by atoms with Crippen molar-refractivity contribution in [1.29, 1.82) is 0 Å². The number of phenolic OH excluding ortho intramolecular Hbond substituents is 1. The summed E-state index contributed by atoms with van der Waals surface area (Å²) in [5.74, 6) is 0.182. The number of nitrogens with one attached hydrogen (secondary N) is 1. The van der Waals surface area contributed by atoms with Gasteiger partial charge in [-0.2, -0.15) is 0 Å². The van der Waals surface area contributed by atoms with E-state index in [2.05, 4.69) is 19.9 Å². The zero-order valence-corrected chi connectivity index (χ0v) is 9.16. The summed E-state index contributed by atoms with van der Waals surface area (Å²) in [5.41, 5.74) is 1.58. The van der Waals surface area contributed by atoms with Crippen LogP contribution in [0.3, 0.4) is 0 Å². The van der Waals surface area contributed by atoms with E-state index in [1.807, 2.05) is 0 Å². The first kappa shape index (κ1) is 10.4. The standard InChI is InChI=1S/C12H8N4O2/c17-8-3-1-7(2-4-8)9-5-13-10-11(16-9)14-6-15-12(10)18/h1-6,17H,(H,14,15,16,18). The van der Waals surface area contributed by atoms with Crippen LogP contribution in [0.5, 0.6) is 5.75 Å². The second kappa shape index (κ2) is 3.92. The van der Waals surface area contributed by atoms with Gasteiger partial charge in [0.25, 0.3) is 5.56 Å². The van der Waals surface area contributed by atoms with Crippen molar-refractivity contribution >= 4 is 11.2 Å². The van der Waals surface area contributed by atoms with Gasteiger partial charge in [-0.1, -0.05) is 0 Å².